The molecule has 4 aliphatic carbocycles. The first-order valence-electron chi connectivity index (χ1n) is 11.1. The Morgan fingerprint density at radius 2 is 2.00 bits per heavy atom. The van der Waals surface area contributed by atoms with Crippen molar-refractivity contribution in [2.45, 2.75) is 79.1 Å². The highest BCUT2D eigenvalue weighted by atomic mass is 16.5. The van der Waals surface area contributed by atoms with Crippen molar-refractivity contribution in [3.05, 3.63) is 35.1 Å². The molecule has 144 valence electrons. The monoisotopic (exact) mass is 354 g/mol. The highest BCUT2D eigenvalue weighted by molar-refractivity contribution is 5.36. The quantitative estimate of drug-likeness (QED) is 0.493. The zero-order valence-electron chi connectivity index (χ0n) is 17.6. The number of ether oxygens (including phenoxy) is 1. The van der Waals surface area contributed by atoms with E-state index in [0.29, 0.717) is 10.8 Å². The molecular weight excluding hydrogens is 316 g/mol. The van der Waals surface area contributed by atoms with Crippen LogP contribution < -0.4 is 0 Å². The van der Waals surface area contributed by atoms with Crippen LogP contribution in [0.15, 0.2) is 35.1 Å². The number of hydrogen-bond acceptors (Lipinski definition) is 1. The average Bonchev–Trinajstić information content (AvgIpc) is 2.98. The third kappa shape index (κ3) is 2.56. The van der Waals surface area contributed by atoms with Gasteiger partial charge in [-0.15, -0.1) is 0 Å². The smallest absolute Gasteiger partial charge is 0.0958 e. The van der Waals surface area contributed by atoms with Crippen LogP contribution in [0.5, 0.6) is 0 Å². The molecule has 0 heterocycles. The van der Waals surface area contributed by atoms with Crippen LogP contribution in [0.3, 0.4) is 0 Å². The van der Waals surface area contributed by atoms with Crippen LogP contribution in [0.25, 0.3) is 0 Å². The fourth-order valence-electron chi connectivity index (χ4n) is 7.67. The summed E-state index contributed by atoms with van der Waals surface area (Å²) in [6.45, 7) is 9.90. The maximum atomic E-state index is 5.58. The summed E-state index contributed by atoms with van der Waals surface area (Å²) in [7, 11) is 1.83. The van der Waals surface area contributed by atoms with Crippen LogP contribution in [-0.4, -0.2) is 7.11 Å². The predicted molar refractivity (Wildman–Crippen MR) is 110 cm³/mol. The van der Waals surface area contributed by atoms with Gasteiger partial charge in [0.2, 0.25) is 0 Å². The standard InChI is InChI=1S/C25H38O/c1-6-7-17(2)21-10-11-22-20-9-8-18-16-19(26-5)12-14-24(18,3)23(20)13-15-25(21,22)4/h7-8,16,20-23H,6,9-15H2,1-5H3/b17-7+/t20?,21-,22?,23?,24+,25-/m1/s1. The Kier molecular flexibility index (Phi) is 4.65. The van der Waals surface area contributed by atoms with Crippen molar-refractivity contribution in [2.24, 2.45) is 34.5 Å². The van der Waals surface area contributed by atoms with E-state index in [1.165, 1.54) is 50.7 Å². The lowest BCUT2D eigenvalue weighted by molar-refractivity contribution is -0.0318. The highest BCUT2D eigenvalue weighted by Gasteiger charge is 2.58. The normalized spacial score (nSPS) is 45.2. The van der Waals surface area contributed by atoms with Crippen LogP contribution in [0.2, 0.25) is 0 Å². The Bertz CT molecular complexity index is 653. The van der Waals surface area contributed by atoms with E-state index in [9.17, 15) is 0 Å². The molecule has 0 N–H and O–H groups in total. The van der Waals surface area contributed by atoms with Gasteiger partial charge in [-0.2, -0.15) is 0 Å². The van der Waals surface area contributed by atoms with Crippen molar-refractivity contribution < 1.29 is 4.74 Å². The molecule has 4 aliphatic rings. The molecule has 0 radical (unpaired) electrons. The summed E-state index contributed by atoms with van der Waals surface area (Å²) < 4.78 is 5.58. The van der Waals surface area contributed by atoms with E-state index >= 15 is 0 Å². The van der Waals surface area contributed by atoms with Gasteiger partial charge < -0.3 is 4.74 Å². The Hall–Kier alpha value is -0.980. The third-order valence-electron chi connectivity index (χ3n) is 9.07. The molecule has 0 saturated heterocycles. The maximum Gasteiger partial charge on any atom is 0.0958 e. The van der Waals surface area contributed by atoms with Gasteiger partial charge in [0.15, 0.2) is 0 Å². The summed E-state index contributed by atoms with van der Waals surface area (Å²) in [6, 6.07) is 0. The second kappa shape index (κ2) is 6.57. The molecule has 3 unspecified atom stereocenters. The molecule has 2 fully saturated rings. The fraction of sp³-hybridized carbons (Fsp3) is 0.760. The van der Waals surface area contributed by atoms with Gasteiger partial charge >= 0.3 is 0 Å². The largest absolute Gasteiger partial charge is 0.501 e. The molecule has 1 nitrogen and oxygen atoms in total. The molecule has 2 saturated carbocycles. The number of hydrogen-bond donors (Lipinski definition) is 0. The molecule has 0 aliphatic heterocycles. The van der Waals surface area contributed by atoms with Gasteiger partial charge in [-0.25, -0.2) is 0 Å². The van der Waals surface area contributed by atoms with Crippen molar-refractivity contribution in [1.82, 2.24) is 0 Å². The Labute approximate surface area is 161 Å². The number of allylic oxidation sites excluding steroid dienone is 6. The summed E-state index contributed by atoms with van der Waals surface area (Å²) in [4.78, 5) is 0. The van der Waals surface area contributed by atoms with Crippen molar-refractivity contribution in [2.75, 3.05) is 7.11 Å². The van der Waals surface area contributed by atoms with E-state index in [1.807, 2.05) is 7.11 Å². The average molecular weight is 355 g/mol. The van der Waals surface area contributed by atoms with Gasteiger partial charge in [-0.1, -0.05) is 38.5 Å². The minimum atomic E-state index is 0.388. The number of rotatable bonds is 3. The molecule has 26 heavy (non-hydrogen) atoms. The number of fused-ring (bicyclic) bond motifs is 5. The minimum Gasteiger partial charge on any atom is -0.501 e. The van der Waals surface area contributed by atoms with Crippen molar-refractivity contribution in [3.8, 4) is 0 Å². The summed E-state index contributed by atoms with van der Waals surface area (Å²) in [5.74, 6) is 4.73. The molecule has 4 rings (SSSR count). The van der Waals surface area contributed by atoms with Crippen LogP contribution >= 0.6 is 0 Å². The lowest BCUT2D eigenvalue weighted by Gasteiger charge is -2.57. The Morgan fingerprint density at radius 3 is 2.73 bits per heavy atom. The van der Waals surface area contributed by atoms with Crippen LogP contribution in [0.4, 0.5) is 0 Å². The third-order valence-corrected chi connectivity index (χ3v) is 9.07. The molecule has 0 bridgehead atoms. The van der Waals surface area contributed by atoms with Crippen molar-refractivity contribution >= 4 is 0 Å². The second-order valence-corrected chi connectivity index (χ2v) is 10.0. The van der Waals surface area contributed by atoms with E-state index in [1.54, 1.807) is 11.1 Å². The molecule has 0 aromatic rings. The second-order valence-electron chi connectivity index (χ2n) is 10.0. The number of methoxy groups -OCH3 is 1. The van der Waals surface area contributed by atoms with Crippen LogP contribution in [0.1, 0.15) is 79.1 Å². The van der Waals surface area contributed by atoms with E-state index < -0.39 is 0 Å². The van der Waals surface area contributed by atoms with Gasteiger partial charge in [0.25, 0.3) is 0 Å². The molecule has 1 heteroatoms. The van der Waals surface area contributed by atoms with Crippen molar-refractivity contribution in [3.63, 3.8) is 0 Å². The van der Waals surface area contributed by atoms with E-state index in [0.717, 1.165) is 30.1 Å². The van der Waals surface area contributed by atoms with Crippen LogP contribution in [0, 0.1) is 34.5 Å². The van der Waals surface area contributed by atoms with Gasteiger partial charge in [0.05, 0.1) is 12.9 Å². The van der Waals surface area contributed by atoms with E-state index in [-0.39, 0.29) is 0 Å². The maximum absolute atomic E-state index is 5.58. The van der Waals surface area contributed by atoms with Gasteiger partial charge in [-0.3, -0.25) is 0 Å². The summed E-state index contributed by atoms with van der Waals surface area (Å²) in [5.41, 5.74) is 4.20. The summed E-state index contributed by atoms with van der Waals surface area (Å²) >= 11 is 0. The summed E-state index contributed by atoms with van der Waals surface area (Å²) in [5, 5.41) is 0. The van der Waals surface area contributed by atoms with E-state index in [2.05, 4.69) is 45.9 Å². The minimum absolute atomic E-state index is 0.388. The van der Waals surface area contributed by atoms with Gasteiger partial charge in [0.1, 0.15) is 0 Å². The van der Waals surface area contributed by atoms with Crippen LogP contribution in [-0.2, 0) is 4.74 Å². The topological polar surface area (TPSA) is 9.23 Å². The van der Waals surface area contributed by atoms with E-state index in [4.69, 9.17) is 4.74 Å². The molecule has 0 aromatic carbocycles. The Balaban J connectivity index is 1.64. The van der Waals surface area contributed by atoms with Gasteiger partial charge in [-0.05, 0) is 98.0 Å². The zero-order chi connectivity index (χ0) is 18.5. The lowest BCUT2D eigenvalue weighted by atomic mass is 9.48. The molecule has 0 amide bonds. The summed E-state index contributed by atoms with van der Waals surface area (Å²) in [6.07, 6.45) is 18.1. The first-order valence-corrected chi connectivity index (χ1v) is 11.1. The molecular formula is C25H38O. The molecule has 0 spiro atoms. The molecule has 6 atom stereocenters. The van der Waals surface area contributed by atoms with Crippen molar-refractivity contribution in [1.29, 1.82) is 0 Å². The Morgan fingerprint density at radius 1 is 1.19 bits per heavy atom. The first kappa shape index (κ1) is 18.4. The highest BCUT2D eigenvalue weighted by Crippen LogP contribution is 2.66. The fourth-order valence-corrected chi connectivity index (χ4v) is 7.67. The SMILES string of the molecule is CC/C=C(\C)[C@H]1CCC2C3CC=C4C=C(OC)CC[C@]4(C)C3CC[C@@]21C. The van der Waals surface area contributed by atoms with Gasteiger partial charge in [0, 0.05) is 6.42 Å². The first-order chi connectivity index (χ1) is 12.4. The lowest BCUT2D eigenvalue weighted by Crippen LogP contribution is -2.49. The molecule has 0 aromatic heterocycles. The predicted octanol–water partition coefficient (Wildman–Crippen LogP) is 7.06. The zero-order valence-corrected chi connectivity index (χ0v) is 17.6.